The Kier molecular flexibility index (Phi) is 7.90. The van der Waals surface area contributed by atoms with Crippen LogP contribution in [0.2, 0.25) is 0 Å². The van der Waals surface area contributed by atoms with Gasteiger partial charge in [-0.2, -0.15) is 0 Å². The van der Waals surface area contributed by atoms with Crippen molar-refractivity contribution in [1.29, 1.82) is 0 Å². The molecule has 0 bridgehead atoms. The molecule has 1 fully saturated rings. The molecular formula is C20H29ClN2O4. The number of hydrogen-bond acceptors (Lipinski definition) is 3. The first kappa shape index (κ1) is 21.5. The standard InChI is InChI=1S/C20H29ClN2O4/c1-3-6-15(7-4-2)22-20(27)23-17(19(25)26)16(18(23)24)11-10-13-8-5-9-14(21)12-13/h5,8-9,13,15-17H,3-4,6-7,10-12H2,1-2H3,(H,22,27)(H,25,26). The number of urea groups is 1. The molecule has 0 saturated carbocycles. The predicted octanol–water partition coefficient (Wildman–Crippen LogP) is 4.06. The second-order valence-electron chi connectivity index (χ2n) is 7.36. The summed E-state index contributed by atoms with van der Waals surface area (Å²) in [6.45, 7) is 4.06. The van der Waals surface area contributed by atoms with E-state index in [0.29, 0.717) is 19.3 Å². The molecule has 3 unspecified atom stereocenters. The Hall–Kier alpha value is -1.82. The number of allylic oxidation sites excluding steroid dienone is 4. The van der Waals surface area contributed by atoms with Crippen LogP contribution < -0.4 is 5.32 Å². The van der Waals surface area contributed by atoms with Crippen molar-refractivity contribution in [3.8, 4) is 0 Å². The Morgan fingerprint density at radius 3 is 2.52 bits per heavy atom. The quantitative estimate of drug-likeness (QED) is 0.575. The molecule has 0 aromatic rings. The van der Waals surface area contributed by atoms with Gasteiger partial charge in [-0.3, -0.25) is 4.79 Å². The molecule has 1 saturated heterocycles. The zero-order valence-corrected chi connectivity index (χ0v) is 16.7. The summed E-state index contributed by atoms with van der Waals surface area (Å²) in [5.41, 5.74) is 0. The minimum Gasteiger partial charge on any atom is -0.480 e. The van der Waals surface area contributed by atoms with E-state index >= 15 is 0 Å². The lowest BCUT2D eigenvalue weighted by atomic mass is 9.81. The summed E-state index contributed by atoms with van der Waals surface area (Å²) in [7, 11) is 0. The molecule has 6 nitrogen and oxygen atoms in total. The first-order valence-corrected chi connectivity index (χ1v) is 10.2. The molecular weight excluding hydrogens is 368 g/mol. The normalized spacial score (nSPS) is 24.6. The Balaban J connectivity index is 1.95. The van der Waals surface area contributed by atoms with Gasteiger partial charge in [0.25, 0.3) is 0 Å². The van der Waals surface area contributed by atoms with Gasteiger partial charge in [0.1, 0.15) is 0 Å². The van der Waals surface area contributed by atoms with Crippen LogP contribution in [0.5, 0.6) is 0 Å². The molecule has 0 radical (unpaired) electrons. The van der Waals surface area contributed by atoms with Gasteiger partial charge in [-0.25, -0.2) is 14.5 Å². The maximum absolute atomic E-state index is 12.5. The van der Waals surface area contributed by atoms with Gasteiger partial charge >= 0.3 is 12.0 Å². The van der Waals surface area contributed by atoms with Gasteiger partial charge in [-0.15, -0.1) is 0 Å². The fourth-order valence-corrected chi connectivity index (χ4v) is 4.14. The minimum absolute atomic E-state index is 0.0323. The number of nitrogens with one attached hydrogen (secondary N) is 1. The molecule has 27 heavy (non-hydrogen) atoms. The van der Waals surface area contributed by atoms with Gasteiger partial charge in [-0.1, -0.05) is 50.4 Å². The van der Waals surface area contributed by atoms with Gasteiger partial charge in [0.15, 0.2) is 6.04 Å². The van der Waals surface area contributed by atoms with E-state index in [4.69, 9.17) is 11.6 Å². The molecule has 150 valence electrons. The molecule has 7 heteroatoms. The predicted molar refractivity (Wildman–Crippen MR) is 104 cm³/mol. The highest BCUT2D eigenvalue weighted by atomic mass is 35.5. The fourth-order valence-electron chi connectivity index (χ4n) is 3.86. The number of aliphatic carboxylic acids is 1. The van der Waals surface area contributed by atoms with Gasteiger partial charge < -0.3 is 10.4 Å². The largest absolute Gasteiger partial charge is 0.480 e. The molecule has 2 aliphatic rings. The zero-order valence-electron chi connectivity index (χ0n) is 16.0. The Bertz CT molecular complexity index is 625. The third-order valence-corrected chi connectivity index (χ3v) is 5.53. The number of rotatable bonds is 9. The van der Waals surface area contributed by atoms with E-state index in [2.05, 4.69) is 5.32 Å². The second-order valence-corrected chi connectivity index (χ2v) is 7.85. The van der Waals surface area contributed by atoms with Crippen LogP contribution in [0.25, 0.3) is 0 Å². The van der Waals surface area contributed by atoms with Crippen LogP contribution >= 0.6 is 11.6 Å². The second kappa shape index (κ2) is 9.93. The van der Waals surface area contributed by atoms with Crippen molar-refractivity contribution < 1.29 is 19.5 Å². The van der Waals surface area contributed by atoms with E-state index in [1.165, 1.54) is 0 Å². The summed E-state index contributed by atoms with van der Waals surface area (Å²) < 4.78 is 0. The molecule has 1 aliphatic carbocycles. The number of likely N-dealkylation sites (tertiary alicyclic amines) is 1. The van der Waals surface area contributed by atoms with Gasteiger partial charge in [0.05, 0.1) is 5.92 Å². The first-order valence-electron chi connectivity index (χ1n) is 9.78. The van der Waals surface area contributed by atoms with E-state index in [0.717, 1.165) is 35.6 Å². The van der Waals surface area contributed by atoms with E-state index in [9.17, 15) is 19.5 Å². The van der Waals surface area contributed by atoms with Crippen LogP contribution in [0, 0.1) is 11.8 Å². The average Bonchev–Trinajstić information content (AvgIpc) is 2.59. The van der Waals surface area contributed by atoms with Crippen molar-refractivity contribution in [2.24, 2.45) is 11.8 Å². The third kappa shape index (κ3) is 5.34. The Morgan fingerprint density at radius 2 is 1.96 bits per heavy atom. The van der Waals surface area contributed by atoms with Gasteiger partial charge in [-0.05, 0) is 44.1 Å². The first-order chi connectivity index (χ1) is 12.9. The molecule has 1 heterocycles. The molecule has 0 aromatic heterocycles. The lowest BCUT2D eigenvalue weighted by Crippen LogP contribution is -2.68. The number of carboxylic acid groups (broad SMARTS) is 1. The lowest BCUT2D eigenvalue weighted by Gasteiger charge is -2.43. The van der Waals surface area contributed by atoms with Crippen LogP contribution in [0.3, 0.4) is 0 Å². The van der Waals surface area contributed by atoms with E-state index < -0.39 is 29.9 Å². The number of nitrogens with zero attached hydrogens (tertiary/aromatic N) is 1. The molecule has 3 amide bonds. The smallest absolute Gasteiger partial charge is 0.327 e. The Morgan fingerprint density at radius 1 is 1.30 bits per heavy atom. The highest BCUT2D eigenvalue weighted by Crippen LogP contribution is 2.34. The molecule has 1 aliphatic heterocycles. The van der Waals surface area contributed by atoms with Crippen molar-refractivity contribution in [1.82, 2.24) is 10.2 Å². The molecule has 3 atom stereocenters. The molecule has 2 rings (SSSR count). The third-order valence-electron chi connectivity index (χ3n) is 5.25. The average molecular weight is 397 g/mol. The van der Waals surface area contributed by atoms with Gasteiger partial charge in [0.2, 0.25) is 5.91 Å². The molecule has 2 N–H and O–H groups in total. The van der Waals surface area contributed by atoms with E-state index in [-0.39, 0.29) is 12.0 Å². The molecule has 0 spiro atoms. The number of imide groups is 1. The number of halogens is 1. The summed E-state index contributed by atoms with van der Waals surface area (Å²) in [6.07, 6.45) is 11.0. The summed E-state index contributed by atoms with van der Waals surface area (Å²) in [5.74, 6) is -1.98. The highest BCUT2D eigenvalue weighted by molar-refractivity contribution is 6.29. The summed E-state index contributed by atoms with van der Waals surface area (Å²) in [6, 6.07) is -1.70. The Labute approximate surface area is 165 Å². The van der Waals surface area contributed by atoms with E-state index in [1.807, 2.05) is 32.1 Å². The van der Waals surface area contributed by atoms with Crippen molar-refractivity contribution >= 4 is 29.5 Å². The summed E-state index contributed by atoms with van der Waals surface area (Å²) in [4.78, 5) is 37.6. The maximum atomic E-state index is 12.5. The topological polar surface area (TPSA) is 86.7 Å². The van der Waals surface area contributed by atoms with Crippen LogP contribution in [-0.4, -0.2) is 40.0 Å². The van der Waals surface area contributed by atoms with Crippen molar-refractivity contribution in [3.05, 3.63) is 23.3 Å². The number of amides is 3. The number of carbonyl (C=O) groups is 3. The monoisotopic (exact) mass is 396 g/mol. The number of hydrogen-bond donors (Lipinski definition) is 2. The number of carbonyl (C=O) groups excluding carboxylic acids is 2. The SMILES string of the molecule is CCCC(CCC)NC(=O)N1C(=O)C(CCC2C=CC=C(Cl)C2)C1C(=O)O. The van der Waals surface area contributed by atoms with Gasteiger partial charge in [0, 0.05) is 11.1 Å². The highest BCUT2D eigenvalue weighted by Gasteiger charge is 2.54. The zero-order chi connectivity index (χ0) is 20.0. The lowest BCUT2D eigenvalue weighted by molar-refractivity contribution is -0.166. The number of β-lactam (4-membered cyclic amide) rings is 1. The minimum atomic E-state index is -1.13. The maximum Gasteiger partial charge on any atom is 0.327 e. The van der Waals surface area contributed by atoms with Crippen molar-refractivity contribution in [2.45, 2.75) is 70.9 Å². The summed E-state index contributed by atoms with van der Waals surface area (Å²) in [5, 5.41) is 13.1. The van der Waals surface area contributed by atoms with E-state index in [1.54, 1.807) is 0 Å². The van der Waals surface area contributed by atoms with Crippen LogP contribution in [0.15, 0.2) is 23.3 Å². The van der Waals surface area contributed by atoms with Crippen molar-refractivity contribution in [2.75, 3.05) is 0 Å². The van der Waals surface area contributed by atoms with Crippen LogP contribution in [0.1, 0.15) is 58.8 Å². The van der Waals surface area contributed by atoms with Crippen molar-refractivity contribution in [3.63, 3.8) is 0 Å². The van der Waals surface area contributed by atoms with Crippen LogP contribution in [0.4, 0.5) is 4.79 Å². The number of carboxylic acids is 1. The fraction of sp³-hybridized carbons (Fsp3) is 0.650. The molecule has 0 aromatic carbocycles. The summed E-state index contributed by atoms with van der Waals surface area (Å²) >= 11 is 6.03. The van der Waals surface area contributed by atoms with Crippen LogP contribution in [-0.2, 0) is 9.59 Å².